The van der Waals surface area contributed by atoms with Crippen LogP contribution >= 0.6 is 11.8 Å². The van der Waals surface area contributed by atoms with Gasteiger partial charge in [-0.1, -0.05) is 72.4 Å². The van der Waals surface area contributed by atoms with Gasteiger partial charge in [0.1, 0.15) is 5.75 Å². The molecule has 0 unspecified atom stereocenters. The Hall–Kier alpha value is -3.78. The summed E-state index contributed by atoms with van der Waals surface area (Å²) in [5.41, 5.74) is 3.29. The maximum absolute atomic E-state index is 12.5. The number of nitrogens with zero attached hydrogens (tertiary/aromatic N) is 3. The molecule has 0 aliphatic heterocycles. The van der Waals surface area contributed by atoms with Gasteiger partial charge < -0.3 is 15.9 Å². The summed E-state index contributed by atoms with van der Waals surface area (Å²) in [6.45, 7) is 0.570. The van der Waals surface area contributed by atoms with Gasteiger partial charge in [-0.15, -0.1) is 10.2 Å². The molecule has 0 atom stereocenters. The highest BCUT2D eigenvalue weighted by Gasteiger charge is 2.16. The Morgan fingerprint density at radius 1 is 0.971 bits per heavy atom. The molecule has 1 amide bonds. The fraction of sp³-hybridized carbons (Fsp3) is 0.192. The van der Waals surface area contributed by atoms with Crippen LogP contribution in [0.3, 0.4) is 0 Å². The molecule has 0 saturated heterocycles. The molecule has 34 heavy (non-hydrogen) atoms. The predicted octanol–water partition coefficient (Wildman–Crippen LogP) is 4.10. The zero-order valence-corrected chi connectivity index (χ0v) is 19.7. The highest BCUT2D eigenvalue weighted by molar-refractivity contribution is 7.99. The van der Waals surface area contributed by atoms with E-state index < -0.39 is 0 Å². The lowest BCUT2D eigenvalue weighted by atomic mass is 9.88. The lowest BCUT2D eigenvalue weighted by Crippen LogP contribution is -2.27. The first-order valence-electron chi connectivity index (χ1n) is 11.0. The molecule has 8 heteroatoms. The van der Waals surface area contributed by atoms with E-state index in [1.165, 1.54) is 27.6 Å². The first kappa shape index (κ1) is 23.4. The fourth-order valence-electron chi connectivity index (χ4n) is 3.75. The maximum atomic E-state index is 12.5. The molecule has 4 aromatic rings. The number of carbonyl (C=O) groups is 1. The summed E-state index contributed by atoms with van der Waals surface area (Å²) in [4.78, 5) is 12.5. The van der Waals surface area contributed by atoms with Crippen molar-refractivity contribution in [3.8, 4) is 17.1 Å². The van der Waals surface area contributed by atoms with Crippen LogP contribution < -0.4 is 15.9 Å². The van der Waals surface area contributed by atoms with Crippen molar-refractivity contribution in [2.75, 3.05) is 25.3 Å². The molecule has 3 aromatic carbocycles. The van der Waals surface area contributed by atoms with Crippen LogP contribution in [0.2, 0.25) is 0 Å². The Balaban J connectivity index is 1.31. The standard InChI is InChI=1S/C26H27N5O2S/c1-33-22-14-12-21(13-15-22)25-29-30-26(31(25)27)34-18-24(32)28-17-16-23(19-8-4-2-5-9-19)20-10-6-3-7-11-20/h2-15,23H,16-18,27H2,1H3,(H,28,32). The number of nitrogen functional groups attached to an aromatic ring is 1. The SMILES string of the molecule is COc1ccc(-c2nnc(SCC(=O)NCCC(c3ccccc3)c3ccccc3)n2N)cc1. The predicted molar refractivity (Wildman–Crippen MR) is 135 cm³/mol. The third-order valence-corrected chi connectivity index (χ3v) is 6.45. The molecule has 3 N–H and O–H groups in total. The maximum Gasteiger partial charge on any atom is 0.230 e. The van der Waals surface area contributed by atoms with Crippen LogP contribution in [0.5, 0.6) is 5.75 Å². The molecule has 174 valence electrons. The van der Waals surface area contributed by atoms with Gasteiger partial charge in [0, 0.05) is 18.0 Å². The minimum absolute atomic E-state index is 0.0705. The van der Waals surface area contributed by atoms with E-state index in [4.69, 9.17) is 10.6 Å². The summed E-state index contributed by atoms with van der Waals surface area (Å²) in [5, 5.41) is 11.8. The van der Waals surface area contributed by atoms with E-state index in [1.54, 1.807) is 7.11 Å². The normalized spacial score (nSPS) is 10.9. The average molecular weight is 474 g/mol. The van der Waals surface area contributed by atoms with E-state index in [0.29, 0.717) is 17.5 Å². The molecule has 0 spiro atoms. The first-order valence-corrected chi connectivity index (χ1v) is 12.0. The Morgan fingerprint density at radius 2 is 1.59 bits per heavy atom. The number of carbonyl (C=O) groups excluding carboxylic acids is 1. The minimum atomic E-state index is -0.0705. The molecule has 4 rings (SSSR count). The number of aromatic nitrogens is 3. The summed E-state index contributed by atoms with van der Waals surface area (Å²) in [5.74, 6) is 7.80. The quantitative estimate of drug-likeness (QED) is 0.266. The van der Waals surface area contributed by atoms with E-state index in [9.17, 15) is 4.79 Å². The van der Waals surface area contributed by atoms with Crippen LogP contribution in [0.15, 0.2) is 90.1 Å². The van der Waals surface area contributed by atoms with Gasteiger partial charge in [-0.2, -0.15) is 0 Å². The molecule has 0 bridgehead atoms. The smallest absolute Gasteiger partial charge is 0.230 e. The first-order chi connectivity index (χ1) is 16.7. The number of nitrogens with one attached hydrogen (secondary N) is 1. The number of ether oxygens (including phenoxy) is 1. The lowest BCUT2D eigenvalue weighted by Gasteiger charge is -2.18. The van der Waals surface area contributed by atoms with Gasteiger partial charge in [0.2, 0.25) is 11.1 Å². The van der Waals surface area contributed by atoms with Crippen molar-refractivity contribution in [1.82, 2.24) is 20.2 Å². The number of methoxy groups -OCH3 is 1. The van der Waals surface area contributed by atoms with Gasteiger partial charge in [-0.3, -0.25) is 4.79 Å². The monoisotopic (exact) mass is 473 g/mol. The summed E-state index contributed by atoms with van der Waals surface area (Å²) in [7, 11) is 1.61. The second-order valence-corrected chi connectivity index (χ2v) is 8.65. The van der Waals surface area contributed by atoms with Crippen LogP contribution in [0.25, 0.3) is 11.4 Å². The van der Waals surface area contributed by atoms with Crippen molar-refractivity contribution >= 4 is 17.7 Å². The molecule has 0 radical (unpaired) electrons. The Kier molecular flexibility index (Phi) is 7.83. The summed E-state index contributed by atoms with van der Waals surface area (Å²) < 4.78 is 6.58. The molecule has 0 fully saturated rings. The molecule has 0 aliphatic rings. The van der Waals surface area contributed by atoms with Gasteiger partial charge in [0.25, 0.3) is 0 Å². The van der Waals surface area contributed by atoms with Crippen molar-refractivity contribution in [2.45, 2.75) is 17.5 Å². The molecule has 0 aliphatic carbocycles. The van der Waals surface area contributed by atoms with Gasteiger partial charge in [-0.05, 0) is 41.8 Å². The number of nitrogens with two attached hydrogens (primary N) is 1. The lowest BCUT2D eigenvalue weighted by molar-refractivity contribution is -0.118. The van der Waals surface area contributed by atoms with Crippen LogP contribution in [0.1, 0.15) is 23.5 Å². The fourth-order valence-corrected chi connectivity index (χ4v) is 4.43. The molecule has 7 nitrogen and oxygen atoms in total. The van der Waals surface area contributed by atoms with Gasteiger partial charge in [0.05, 0.1) is 12.9 Å². The van der Waals surface area contributed by atoms with Gasteiger partial charge in [-0.25, -0.2) is 4.68 Å². The Bertz CT molecular complexity index is 1160. The summed E-state index contributed by atoms with van der Waals surface area (Å²) >= 11 is 1.26. The topological polar surface area (TPSA) is 95.1 Å². The van der Waals surface area contributed by atoms with Gasteiger partial charge >= 0.3 is 0 Å². The highest BCUT2D eigenvalue weighted by atomic mass is 32.2. The number of thioether (sulfide) groups is 1. The third-order valence-electron chi connectivity index (χ3n) is 5.50. The second-order valence-electron chi connectivity index (χ2n) is 7.71. The van der Waals surface area contributed by atoms with E-state index in [0.717, 1.165) is 17.7 Å². The van der Waals surface area contributed by atoms with Crippen LogP contribution in [0.4, 0.5) is 0 Å². The molecule has 1 aromatic heterocycles. The van der Waals surface area contributed by atoms with E-state index in [-0.39, 0.29) is 17.6 Å². The van der Waals surface area contributed by atoms with Crippen LogP contribution in [-0.4, -0.2) is 40.2 Å². The number of hydrogen-bond donors (Lipinski definition) is 2. The molecular formula is C26H27N5O2S. The van der Waals surface area contributed by atoms with E-state index in [1.807, 2.05) is 60.7 Å². The second kappa shape index (κ2) is 11.4. The van der Waals surface area contributed by atoms with Crippen LogP contribution in [0, 0.1) is 0 Å². The Labute approximate surface area is 203 Å². The van der Waals surface area contributed by atoms with Crippen molar-refractivity contribution < 1.29 is 9.53 Å². The number of rotatable bonds is 10. The summed E-state index contributed by atoms with van der Waals surface area (Å²) in [6, 6.07) is 28.1. The van der Waals surface area contributed by atoms with Crippen molar-refractivity contribution in [3.05, 3.63) is 96.1 Å². The molecule has 0 saturated carbocycles. The molecule has 1 heterocycles. The van der Waals surface area contributed by atoms with Crippen molar-refractivity contribution in [1.29, 1.82) is 0 Å². The zero-order chi connectivity index (χ0) is 23.8. The largest absolute Gasteiger partial charge is 0.497 e. The minimum Gasteiger partial charge on any atom is -0.497 e. The highest BCUT2D eigenvalue weighted by Crippen LogP contribution is 2.27. The number of benzene rings is 3. The number of amides is 1. The van der Waals surface area contributed by atoms with Gasteiger partial charge in [0.15, 0.2) is 5.82 Å². The van der Waals surface area contributed by atoms with Crippen molar-refractivity contribution in [3.63, 3.8) is 0 Å². The number of hydrogen-bond acceptors (Lipinski definition) is 6. The average Bonchev–Trinajstić information content (AvgIpc) is 3.26. The van der Waals surface area contributed by atoms with Crippen LogP contribution in [-0.2, 0) is 4.79 Å². The van der Waals surface area contributed by atoms with E-state index >= 15 is 0 Å². The van der Waals surface area contributed by atoms with E-state index in [2.05, 4.69) is 39.8 Å². The summed E-state index contributed by atoms with van der Waals surface area (Å²) in [6.07, 6.45) is 0.805. The third kappa shape index (κ3) is 5.77. The Morgan fingerprint density at radius 3 is 2.18 bits per heavy atom. The zero-order valence-electron chi connectivity index (χ0n) is 18.9. The molecular weight excluding hydrogens is 446 g/mol. The van der Waals surface area contributed by atoms with Crippen molar-refractivity contribution in [2.24, 2.45) is 0 Å².